The summed E-state index contributed by atoms with van der Waals surface area (Å²) in [5.74, 6) is -16.2. The third-order valence-electron chi connectivity index (χ3n) is 10.3. The molecule has 5 N–H and O–H groups in total. The van der Waals surface area contributed by atoms with Crippen molar-refractivity contribution < 1.29 is 51.3 Å². The molecule has 61 heavy (non-hydrogen) atoms. The first-order valence-corrected chi connectivity index (χ1v) is 19.7. The number of carbonyl (C=O) groups is 4. The third-order valence-corrected chi connectivity index (χ3v) is 10.3. The van der Waals surface area contributed by atoms with Crippen LogP contribution in [0.5, 0.6) is 0 Å². The van der Waals surface area contributed by atoms with E-state index in [1.807, 2.05) is 29.2 Å². The molecule has 3 heterocycles. The number of aliphatic carboxylic acids is 1. The number of alkyl halides is 4. The van der Waals surface area contributed by atoms with Gasteiger partial charge in [0.05, 0.1) is 13.2 Å². The van der Waals surface area contributed by atoms with Gasteiger partial charge in [-0.15, -0.1) is 0 Å². The van der Waals surface area contributed by atoms with Gasteiger partial charge in [-0.2, -0.15) is 22.7 Å². The standard InChI is InChI=1S/C41H47F4N9O7/c1-39(2,3)61-38(59)48-21-25-6-10-28(11-7-25)33(55)50-31(20-24-4-8-26(9-5-24)29-22-46-37(47-23-29)54-16-18-60-19-17-54)34(56)49-30-14-12-27(13-15-30)32-51-35(53-52-32)40(42,43)41(44,45)36(57)58/h4-5,8-9,12-15,22-23,25,28,31H,6-7,10-11,16-21H2,1-3H3,(H,48,59)(H,49,56)(H,50,55)(H,57,58)(H,51,52,53)/t25-,28-,31-/m0/s1. The molecule has 1 atom stereocenters. The minimum Gasteiger partial charge on any atom is -0.477 e. The van der Waals surface area contributed by atoms with Gasteiger partial charge >= 0.3 is 23.9 Å². The van der Waals surface area contributed by atoms with E-state index in [0.29, 0.717) is 64.5 Å². The molecule has 0 spiro atoms. The van der Waals surface area contributed by atoms with Gasteiger partial charge in [-0.05, 0) is 87.8 Å². The Balaban J connectivity index is 1.12. The number of carbonyl (C=O) groups excluding carboxylic acids is 3. The van der Waals surface area contributed by atoms with Crippen LogP contribution in [-0.4, -0.2) is 105 Å². The summed E-state index contributed by atoms with van der Waals surface area (Å²) >= 11 is 0. The highest BCUT2D eigenvalue weighted by Gasteiger charge is 2.66. The summed E-state index contributed by atoms with van der Waals surface area (Å²) in [5, 5.41) is 22.3. The average Bonchev–Trinajstić information content (AvgIpc) is 3.75. The highest BCUT2D eigenvalue weighted by molar-refractivity contribution is 5.97. The first-order valence-electron chi connectivity index (χ1n) is 19.7. The number of rotatable bonds is 14. The Labute approximate surface area is 348 Å². The molecule has 2 fully saturated rings. The molecular formula is C41H47F4N9O7. The number of aromatic nitrogens is 5. The Bertz CT molecular complexity index is 2150. The minimum atomic E-state index is -5.46. The van der Waals surface area contributed by atoms with Crippen LogP contribution in [0.3, 0.4) is 0 Å². The number of ether oxygens (including phenoxy) is 2. The number of alkyl carbamates (subject to hydrolysis) is 1. The molecule has 4 aromatic rings. The highest BCUT2D eigenvalue weighted by Crippen LogP contribution is 2.42. The fraction of sp³-hybridized carbons (Fsp3) is 0.463. The summed E-state index contributed by atoms with van der Waals surface area (Å²) in [6.07, 6.45) is 5.56. The first-order chi connectivity index (χ1) is 28.9. The van der Waals surface area contributed by atoms with Crippen molar-refractivity contribution >= 4 is 35.5 Å². The van der Waals surface area contributed by atoms with E-state index in [4.69, 9.17) is 14.6 Å². The molecule has 1 aliphatic heterocycles. The number of nitrogens with zero attached hydrogens (tertiary/aromatic N) is 5. The Hall–Kier alpha value is -6.18. The lowest BCUT2D eigenvalue weighted by molar-refractivity contribution is -0.231. The predicted octanol–water partition coefficient (Wildman–Crippen LogP) is 5.57. The van der Waals surface area contributed by atoms with Gasteiger partial charge in [0.1, 0.15) is 11.6 Å². The molecule has 0 bridgehead atoms. The summed E-state index contributed by atoms with van der Waals surface area (Å²) in [7, 11) is 0. The maximum Gasteiger partial charge on any atom is 0.411 e. The topological polar surface area (TPSA) is 214 Å². The second-order valence-electron chi connectivity index (χ2n) is 16.0. The SMILES string of the molecule is CC(C)(C)OC(=O)NC[C@H]1CC[C@H](C(=O)N[C@@H](Cc2ccc(-c3cnc(N4CCOCC4)nc3)cc2)C(=O)Nc2ccc(-c3nc(C(F)(F)C(F)(F)C(=O)O)n[nH]3)cc2)CC1. The predicted molar refractivity (Wildman–Crippen MR) is 213 cm³/mol. The zero-order valence-electron chi connectivity index (χ0n) is 33.7. The lowest BCUT2D eigenvalue weighted by atomic mass is 9.81. The quantitative estimate of drug-likeness (QED) is 0.0985. The van der Waals surface area contributed by atoms with Crippen LogP contribution in [0.1, 0.15) is 57.8 Å². The molecule has 6 rings (SSSR count). The molecule has 0 radical (unpaired) electrons. The van der Waals surface area contributed by atoms with Crippen molar-refractivity contribution in [2.45, 2.75) is 76.4 Å². The number of H-pyrrole nitrogens is 1. The summed E-state index contributed by atoms with van der Waals surface area (Å²) in [5.41, 5.74) is 2.13. The molecule has 1 saturated heterocycles. The van der Waals surface area contributed by atoms with Gasteiger partial charge in [-0.3, -0.25) is 14.7 Å². The zero-order chi connectivity index (χ0) is 44.0. The number of morpholine rings is 1. The maximum atomic E-state index is 14.3. The second-order valence-corrected chi connectivity index (χ2v) is 16.0. The van der Waals surface area contributed by atoms with Crippen LogP contribution >= 0.6 is 0 Å². The van der Waals surface area contributed by atoms with Crippen LogP contribution in [0.15, 0.2) is 60.9 Å². The van der Waals surface area contributed by atoms with Crippen LogP contribution in [-0.2, 0) is 36.2 Å². The number of hydrogen-bond donors (Lipinski definition) is 5. The van der Waals surface area contributed by atoms with Gasteiger partial charge < -0.3 is 35.4 Å². The fourth-order valence-corrected chi connectivity index (χ4v) is 6.88. The molecule has 2 aromatic carbocycles. The molecule has 2 aliphatic rings. The van der Waals surface area contributed by atoms with E-state index in [-0.39, 0.29) is 41.2 Å². The van der Waals surface area contributed by atoms with Crippen LogP contribution in [0.2, 0.25) is 0 Å². The number of aromatic amines is 1. The van der Waals surface area contributed by atoms with E-state index >= 15 is 0 Å². The van der Waals surface area contributed by atoms with Crippen LogP contribution in [0.4, 0.5) is 34.0 Å². The number of halogens is 4. The van der Waals surface area contributed by atoms with Gasteiger partial charge in [0, 0.05) is 61.2 Å². The summed E-state index contributed by atoms with van der Waals surface area (Å²) in [4.78, 5) is 64.9. The van der Waals surface area contributed by atoms with Crippen molar-refractivity contribution in [2.75, 3.05) is 43.1 Å². The van der Waals surface area contributed by atoms with Crippen molar-refractivity contribution in [1.82, 2.24) is 35.8 Å². The Morgan fingerprint density at radius 3 is 2.13 bits per heavy atom. The van der Waals surface area contributed by atoms with Crippen molar-refractivity contribution in [1.29, 1.82) is 0 Å². The lowest BCUT2D eigenvalue weighted by Crippen LogP contribution is -2.48. The minimum absolute atomic E-state index is 0.119. The Morgan fingerprint density at radius 2 is 1.52 bits per heavy atom. The highest BCUT2D eigenvalue weighted by atomic mass is 19.3. The van der Waals surface area contributed by atoms with Gasteiger partial charge in [-0.25, -0.2) is 24.5 Å². The Kier molecular flexibility index (Phi) is 13.5. The number of benzene rings is 2. The Morgan fingerprint density at radius 1 is 0.902 bits per heavy atom. The molecule has 1 saturated carbocycles. The van der Waals surface area contributed by atoms with E-state index in [2.05, 4.69) is 41.1 Å². The largest absolute Gasteiger partial charge is 0.477 e. The van der Waals surface area contributed by atoms with Gasteiger partial charge in [0.15, 0.2) is 5.82 Å². The van der Waals surface area contributed by atoms with Crippen molar-refractivity contribution in [3.8, 4) is 22.5 Å². The van der Waals surface area contributed by atoms with Gasteiger partial charge in [0.25, 0.3) is 0 Å². The molecule has 2 aromatic heterocycles. The maximum absolute atomic E-state index is 14.3. The first kappa shape index (κ1) is 44.4. The summed E-state index contributed by atoms with van der Waals surface area (Å²) in [6, 6.07) is 11.9. The molecule has 1 aliphatic carbocycles. The third kappa shape index (κ3) is 11.2. The number of carboxylic acids is 1. The van der Waals surface area contributed by atoms with Gasteiger partial charge in [0.2, 0.25) is 23.6 Å². The van der Waals surface area contributed by atoms with Crippen LogP contribution < -0.4 is 20.9 Å². The number of anilines is 2. The van der Waals surface area contributed by atoms with Crippen LogP contribution in [0.25, 0.3) is 22.5 Å². The van der Waals surface area contributed by atoms with E-state index in [0.717, 1.165) is 16.7 Å². The second kappa shape index (κ2) is 18.6. The molecule has 326 valence electrons. The molecule has 0 unspecified atom stereocenters. The summed E-state index contributed by atoms with van der Waals surface area (Å²) < 4.78 is 66.7. The fourth-order valence-electron chi connectivity index (χ4n) is 6.88. The van der Waals surface area contributed by atoms with Crippen molar-refractivity contribution in [3.05, 3.63) is 72.3 Å². The van der Waals surface area contributed by atoms with E-state index in [1.165, 1.54) is 24.3 Å². The monoisotopic (exact) mass is 853 g/mol. The number of hydrogen-bond acceptors (Lipinski definition) is 11. The lowest BCUT2D eigenvalue weighted by Gasteiger charge is -2.29. The molecule has 16 nitrogen and oxygen atoms in total. The average molecular weight is 854 g/mol. The normalized spacial score (nSPS) is 17.9. The van der Waals surface area contributed by atoms with E-state index in [1.54, 1.807) is 33.2 Å². The number of carboxylic acid groups (broad SMARTS) is 1. The molecule has 3 amide bonds. The molecular weight excluding hydrogens is 806 g/mol. The van der Waals surface area contributed by atoms with Gasteiger partial charge in [-0.1, -0.05) is 24.3 Å². The van der Waals surface area contributed by atoms with E-state index in [9.17, 15) is 36.7 Å². The van der Waals surface area contributed by atoms with Crippen molar-refractivity contribution in [3.63, 3.8) is 0 Å². The van der Waals surface area contributed by atoms with Crippen LogP contribution in [0, 0.1) is 11.8 Å². The van der Waals surface area contributed by atoms with E-state index < -0.39 is 47.3 Å². The zero-order valence-corrected chi connectivity index (χ0v) is 33.7. The molecule has 20 heteroatoms. The smallest absolute Gasteiger partial charge is 0.411 e. The number of amides is 3. The van der Waals surface area contributed by atoms with Crippen molar-refractivity contribution in [2.24, 2.45) is 11.8 Å². The summed E-state index contributed by atoms with van der Waals surface area (Å²) in [6.45, 7) is 8.38. The number of nitrogens with one attached hydrogen (secondary N) is 4.